The maximum Gasteiger partial charge on any atom is 0.329 e. The molecule has 2 rings (SSSR count). The van der Waals surface area contributed by atoms with Crippen LogP contribution in [0, 0.1) is 5.92 Å². The average molecular weight is 413 g/mol. The molecule has 0 aliphatic heterocycles. The van der Waals surface area contributed by atoms with E-state index in [2.05, 4.69) is 10.6 Å². The highest BCUT2D eigenvalue weighted by atomic mass is 16.5. The summed E-state index contributed by atoms with van der Waals surface area (Å²) in [6.45, 7) is 7.25. The maximum absolute atomic E-state index is 12.6. The first-order chi connectivity index (χ1) is 14.3. The Labute approximate surface area is 178 Å². The van der Waals surface area contributed by atoms with Crippen molar-refractivity contribution in [3.63, 3.8) is 0 Å². The first kappa shape index (κ1) is 23.4. The lowest BCUT2D eigenvalue weighted by molar-refractivity contribution is -0.152. The summed E-state index contributed by atoms with van der Waals surface area (Å²) in [7, 11) is 0. The van der Waals surface area contributed by atoms with Crippen molar-refractivity contribution >= 4 is 28.6 Å². The van der Waals surface area contributed by atoms with E-state index in [-0.39, 0.29) is 36.8 Å². The van der Waals surface area contributed by atoms with E-state index in [0.717, 1.165) is 29.2 Å². The highest BCUT2D eigenvalue weighted by Crippen LogP contribution is 2.19. The van der Waals surface area contributed by atoms with Crippen LogP contribution >= 0.6 is 0 Å². The molecule has 2 aromatic carbocycles. The number of carbonyl (C=O) groups is 3. The number of benzene rings is 2. The van der Waals surface area contributed by atoms with E-state index < -0.39 is 12.0 Å². The summed E-state index contributed by atoms with van der Waals surface area (Å²) in [6.07, 6.45) is 1.98. The molecule has 0 saturated heterocycles. The monoisotopic (exact) mass is 412 g/mol. The second-order valence-corrected chi connectivity index (χ2v) is 7.97. The zero-order valence-corrected chi connectivity index (χ0v) is 18.2. The molecule has 162 valence electrons. The lowest BCUT2D eigenvalue weighted by atomic mass is 10.0. The van der Waals surface area contributed by atoms with Crippen molar-refractivity contribution in [3.8, 4) is 0 Å². The van der Waals surface area contributed by atoms with E-state index in [1.165, 1.54) is 0 Å². The number of esters is 1. The topological polar surface area (TPSA) is 84.5 Å². The third kappa shape index (κ3) is 6.87. The molecule has 0 aliphatic carbocycles. The Kier molecular flexibility index (Phi) is 8.84. The third-order valence-corrected chi connectivity index (χ3v) is 4.94. The Morgan fingerprint density at radius 1 is 0.933 bits per heavy atom. The van der Waals surface area contributed by atoms with Crippen LogP contribution in [-0.2, 0) is 25.5 Å². The summed E-state index contributed by atoms with van der Waals surface area (Å²) >= 11 is 0. The van der Waals surface area contributed by atoms with Crippen molar-refractivity contribution in [1.82, 2.24) is 10.6 Å². The van der Waals surface area contributed by atoms with Gasteiger partial charge in [-0.3, -0.25) is 9.59 Å². The van der Waals surface area contributed by atoms with Crippen molar-refractivity contribution in [2.24, 2.45) is 5.92 Å². The summed E-state index contributed by atoms with van der Waals surface area (Å²) in [4.78, 5) is 37.1. The minimum absolute atomic E-state index is 0.0301. The van der Waals surface area contributed by atoms with Gasteiger partial charge in [0, 0.05) is 6.04 Å². The molecule has 2 amide bonds. The standard InChI is InChI=1S/C24H32N2O4/c1-5-9-17(4)25-22(28)15-30-24(29)23(16(2)3)26-21(27)14-19-12-8-11-18-10-6-7-13-20(18)19/h6-8,10-13,16-17,23H,5,9,14-15H2,1-4H3,(H,25,28)(H,26,27)/t17-,23-/m0/s1. The van der Waals surface area contributed by atoms with Crippen LogP contribution in [0.3, 0.4) is 0 Å². The first-order valence-corrected chi connectivity index (χ1v) is 10.5. The van der Waals surface area contributed by atoms with Crippen molar-refractivity contribution in [1.29, 1.82) is 0 Å². The summed E-state index contributed by atoms with van der Waals surface area (Å²) in [5, 5.41) is 7.63. The van der Waals surface area contributed by atoms with Crippen LogP contribution in [0.2, 0.25) is 0 Å². The molecule has 0 saturated carbocycles. The number of ether oxygens (including phenoxy) is 1. The molecule has 0 aliphatic rings. The molecule has 0 bridgehead atoms. The van der Waals surface area contributed by atoms with Crippen LogP contribution in [0.1, 0.15) is 46.1 Å². The smallest absolute Gasteiger partial charge is 0.329 e. The summed E-state index contributed by atoms with van der Waals surface area (Å²) in [5.41, 5.74) is 0.894. The SMILES string of the molecule is CCC[C@H](C)NC(=O)COC(=O)[C@@H](NC(=O)Cc1cccc2ccccc12)C(C)C. The number of hydrogen-bond acceptors (Lipinski definition) is 4. The van der Waals surface area contributed by atoms with Gasteiger partial charge in [-0.05, 0) is 35.6 Å². The van der Waals surface area contributed by atoms with Gasteiger partial charge in [-0.2, -0.15) is 0 Å². The van der Waals surface area contributed by atoms with Crippen LogP contribution < -0.4 is 10.6 Å². The van der Waals surface area contributed by atoms with E-state index in [1.54, 1.807) is 0 Å². The van der Waals surface area contributed by atoms with Crippen molar-refractivity contribution in [2.75, 3.05) is 6.61 Å². The molecule has 2 aromatic rings. The number of rotatable bonds is 10. The molecule has 0 heterocycles. The van der Waals surface area contributed by atoms with Gasteiger partial charge in [0.25, 0.3) is 5.91 Å². The van der Waals surface area contributed by atoms with E-state index in [4.69, 9.17) is 4.74 Å². The zero-order chi connectivity index (χ0) is 22.1. The second kappa shape index (κ2) is 11.3. The number of fused-ring (bicyclic) bond motifs is 1. The number of carbonyl (C=O) groups excluding carboxylic acids is 3. The van der Waals surface area contributed by atoms with Crippen molar-refractivity contribution in [3.05, 3.63) is 48.0 Å². The largest absolute Gasteiger partial charge is 0.454 e. The van der Waals surface area contributed by atoms with Crippen LogP contribution in [0.25, 0.3) is 10.8 Å². The van der Waals surface area contributed by atoms with Gasteiger partial charge in [0.2, 0.25) is 5.91 Å². The Balaban J connectivity index is 1.95. The van der Waals surface area contributed by atoms with Gasteiger partial charge >= 0.3 is 5.97 Å². The highest BCUT2D eigenvalue weighted by Gasteiger charge is 2.26. The molecular weight excluding hydrogens is 380 g/mol. The Hall–Kier alpha value is -2.89. The van der Waals surface area contributed by atoms with Crippen molar-refractivity contribution < 1.29 is 19.1 Å². The molecule has 0 spiro atoms. The van der Waals surface area contributed by atoms with Gasteiger partial charge in [0.15, 0.2) is 6.61 Å². The molecule has 0 radical (unpaired) electrons. The van der Waals surface area contributed by atoms with Gasteiger partial charge < -0.3 is 15.4 Å². The lowest BCUT2D eigenvalue weighted by Gasteiger charge is -2.21. The van der Waals surface area contributed by atoms with Gasteiger partial charge in [-0.1, -0.05) is 69.7 Å². The zero-order valence-electron chi connectivity index (χ0n) is 18.2. The van der Waals surface area contributed by atoms with Crippen LogP contribution in [0.4, 0.5) is 0 Å². The fourth-order valence-corrected chi connectivity index (χ4v) is 3.39. The molecule has 0 unspecified atom stereocenters. The van der Waals surface area contributed by atoms with Crippen molar-refractivity contribution in [2.45, 2.75) is 59.0 Å². The second-order valence-electron chi connectivity index (χ2n) is 7.97. The van der Waals surface area contributed by atoms with E-state index in [1.807, 2.05) is 70.2 Å². The maximum atomic E-state index is 12.6. The molecule has 30 heavy (non-hydrogen) atoms. The first-order valence-electron chi connectivity index (χ1n) is 10.5. The molecule has 2 N–H and O–H groups in total. The Morgan fingerprint density at radius 3 is 2.33 bits per heavy atom. The predicted molar refractivity (Wildman–Crippen MR) is 118 cm³/mol. The minimum atomic E-state index is -0.812. The number of nitrogens with one attached hydrogen (secondary N) is 2. The van der Waals surface area contributed by atoms with Gasteiger partial charge in [-0.25, -0.2) is 4.79 Å². The Morgan fingerprint density at radius 2 is 1.63 bits per heavy atom. The summed E-state index contributed by atoms with van der Waals surface area (Å²) in [6, 6.07) is 12.9. The molecule has 2 atom stereocenters. The molecular formula is C24H32N2O4. The van der Waals surface area contributed by atoms with Gasteiger partial charge in [-0.15, -0.1) is 0 Å². The lowest BCUT2D eigenvalue weighted by Crippen LogP contribution is -2.47. The van der Waals surface area contributed by atoms with E-state index >= 15 is 0 Å². The molecule has 0 aromatic heterocycles. The van der Waals surface area contributed by atoms with Crippen LogP contribution in [-0.4, -0.2) is 36.5 Å². The minimum Gasteiger partial charge on any atom is -0.454 e. The predicted octanol–water partition coefficient (Wildman–Crippen LogP) is 3.37. The van der Waals surface area contributed by atoms with Gasteiger partial charge in [0.05, 0.1) is 6.42 Å². The molecule has 6 heteroatoms. The number of amides is 2. The number of hydrogen-bond donors (Lipinski definition) is 2. The normalized spacial score (nSPS) is 13.0. The summed E-state index contributed by atoms with van der Waals surface area (Å²) in [5.74, 6) is -1.37. The van der Waals surface area contributed by atoms with Gasteiger partial charge in [0.1, 0.15) is 6.04 Å². The van der Waals surface area contributed by atoms with Crippen LogP contribution in [0.5, 0.6) is 0 Å². The van der Waals surface area contributed by atoms with Crippen LogP contribution in [0.15, 0.2) is 42.5 Å². The highest BCUT2D eigenvalue weighted by molar-refractivity contribution is 5.92. The quantitative estimate of drug-likeness (QED) is 0.586. The Bertz CT molecular complexity index is 873. The molecule has 0 fully saturated rings. The average Bonchev–Trinajstić information content (AvgIpc) is 2.70. The van der Waals surface area contributed by atoms with E-state index in [9.17, 15) is 14.4 Å². The van der Waals surface area contributed by atoms with E-state index in [0.29, 0.717) is 0 Å². The fraction of sp³-hybridized carbons (Fsp3) is 0.458. The third-order valence-electron chi connectivity index (χ3n) is 4.94. The fourth-order valence-electron chi connectivity index (χ4n) is 3.39. The molecule has 6 nitrogen and oxygen atoms in total. The summed E-state index contributed by atoms with van der Waals surface area (Å²) < 4.78 is 5.16.